The summed E-state index contributed by atoms with van der Waals surface area (Å²) < 4.78 is 0. The zero-order chi connectivity index (χ0) is 21.8. The molecule has 2 aliphatic heterocycles. The van der Waals surface area contributed by atoms with Crippen LogP contribution in [0.1, 0.15) is 30.1 Å². The minimum Gasteiger partial charge on any atom is -0.380 e. The fourth-order valence-electron chi connectivity index (χ4n) is 4.52. The standard InChI is InChI=1S/C24H28N4O3/c1-16-14-27(23(30)24(31)9-10-24)11-12-28(16)22(29)18-5-3-17(4-6-18)19-7-8-21-20(13-19)25-15-26(21)2/h3-8,13,16,25,31H,9-12,14-15H2,1-2H3/t16-/m1/s1. The predicted molar refractivity (Wildman–Crippen MR) is 120 cm³/mol. The topological polar surface area (TPSA) is 76.1 Å². The molecule has 2 fully saturated rings. The third-order valence-electron chi connectivity index (χ3n) is 6.68. The Labute approximate surface area is 182 Å². The van der Waals surface area contributed by atoms with Crippen LogP contribution in [0.15, 0.2) is 42.5 Å². The van der Waals surface area contributed by atoms with Crippen molar-refractivity contribution in [2.45, 2.75) is 31.4 Å². The zero-order valence-electron chi connectivity index (χ0n) is 18.0. The minimum atomic E-state index is -1.15. The van der Waals surface area contributed by atoms with Crippen LogP contribution in [-0.4, -0.2) is 71.7 Å². The third-order valence-corrected chi connectivity index (χ3v) is 6.68. The van der Waals surface area contributed by atoms with Crippen molar-refractivity contribution in [3.05, 3.63) is 48.0 Å². The number of hydrogen-bond donors (Lipinski definition) is 2. The molecule has 31 heavy (non-hydrogen) atoms. The monoisotopic (exact) mass is 420 g/mol. The van der Waals surface area contributed by atoms with Crippen molar-refractivity contribution >= 4 is 23.2 Å². The van der Waals surface area contributed by atoms with Gasteiger partial charge in [0.15, 0.2) is 0 Å². The highest BCUT2D eigenvalue weighted by molar-refractivity contribution is 5.95. The van der Waals surface area contributed by atoms with Crippen LogP contribution in [0.4, 0.5) is 11.4 Å². The molecule has 3 aliphatic rings. The van der Waals surface area contributed by atoms with Gasteiger partial charge >= 0.3 is 0 Å². The second-order valence-corrected chi connectivity index (χ2v) is 8.97. The molecule has 2 aromatic rings. The lowest BCUT2D eigenvalue weighted by molar-refractivity contribution is -0.144. The van der Waals surface area contributed by atoms with Crippen LogP contribution in [-0.2, 0) is 4.79 Å². The summed E-state index contributed by atoms with van der Waals surface area (Å²) >= 11 is 0. The Morgan fingerprint density at radius 3 is 2.45 bits per heavy atom. The highest BCUT2D eigenvalue weighted by Gasteiger charge is 2.51. The molecule has 1 saturated carbocycles. The third kappa shape index (κ3) is 3.53. The van der Waals surface area contributed by atoms with E-state index in [-0.39, 0.29) is 17.9 Å². The summed E-state index contributed by atoms with van der Waals surface area (Å²) in [6, 6.07) is 14.0. The molecular formula is C24H28N4O3. The van der Waals surface area contributed by atoms with E-state index in [1.165, 1.54) is 5.69 Å². The molecule has 2 N–H and O–H groups in total. The lowest BCUT2D eigenvalue weighted by Crippen LogP contribution is -2.57. The second kappa shape index (κ2) is 7.27. The van der Waals surface area contributed by atoms with Crippen LogP contribution >= 0.6 is 0 Å². The lowest BCUT2D eigenvalue weighted by atomic mass is 10.0. The minimum absolute atomic E-state index is 0.0199. The van der Waals surface area contributed by atoms with Gasteiger partial charge in [-0.2, -0.15) is 0 Å². The van der Waals surface area contributed by atoms with Crippen LogP contribution < -0.4 is 10.2 Å². The Kier molecular flexibility index (Phi) is 4.66. The molecule has 7 heteroatoms. The van der Waals surface area contributed by atoms with E-state index in [1.807, 2.05) is 36.1 Å². The van der Waals surface area contributed by atoms with Crippen LogP contribution in [0.5, 0.6) is 0 Å². The quantitative estimate of drug-likeness (QED) is 0.797. The van der Waals surface area contributed by atoms with Crippen molar-refractivity contribution in [1.29, 1.82) is 0 Å². The van der Waals surface area contributed by atoms with Crippen LogP contribution in [0.3, 0.4) is 0 Å². The number of benzene rings is 2. The molecule has 1 saturated heterocycles. The van der Waals surface area contributed by atoms with Crippen molar-refractivity contribution < 1.29 is 14.7 Å². The molecule has 0 spiro atoms. The number of rotatable bonds is 3. The van der Waals surface area contributed by atoms with Gasteiger partial charge < -0.3 is 25.1 Å². The number of hydrogen-bond acceptors (Lipinski definition) is 5. The van der Waals surface area contributed by atoms with Gasteiger partial charge in [0.25, 0.3) is 11.8 Å². The van der Waals surface area contributed by atoms with E-state index in [4.69, 9.17) is 0 Å². The van der Waals surface area contributed by atoms with Gasteiger partial charge in [-0.3, -0.25) is 9.59 Å². The van der Waals surface area contributed by atoms with Crippen LogP contribution in [0.25, 0.3) is 11.1 Å². The Morgan fingerprint density at radius 2 is 1.77 bits per heavy atom. The fourth-order valence-corrected chi connectivity index (χ4v) is 4.52. The van der Waals surface area contributed by atoms with Crippen LogP contribution in [0, 0.1) is 0 Å². The van der Waals surface area contributed by atoms with Gasteiger partial charge in [0.1, 0.15) is 5.60 Å². The molecule has 2 aromatic carbocycles. The summed E-state index contributed by atoms with van der Waals surface area (Å²) in [5.41, 5.74) is 3.99. The molecular weight excluding hydrogens is 392 g/mol. The van der Waals surface area contributed by atoms with E-state index < -0.39 is 5.60 Å². The van der Waals surface area contributed by atoms with Crippen molar-refractivity contribution in [2.75, 3.05) is 43.6 Å². The number of nitrogens with zero attached hydrogens (tertiary/aromatic N) is 3. The Hall–Kier alpha value is -3.06. The first-order valence-electron chi connectivity index (χ1n) is 10.9. The molecule has 5 rings (SSSR count). The highest BCUT2D eigenvalue weighted by Crippen LogP contribution is 2.37. The molecule has 2 amide bonds. The summed E-state index contributed by atoms with van der Waals surface area (Å²) in [4.78, 5) is 31.2. The molecule has 0 bridgehead atoms. The Morgan fingerprint density at radius 1 is 1.06 bits per heavy atom. The van der Waals surface area contributed by atoms with Gasteiger partial charge in [-0.15, -0.1) is 0 Å². The first-order valence-corrected chi connectivity index (χ1v) is 10.9. The highest BCUT2D eigenvalue weighted by atomic mass is 16.3. The molecule has 0 radical (unpaired) electrons. The first kappa shape index (κ1) is 19.9. The van der Waals surface area contributed by atoms with E-state index in [0.717, 1.165) is 23.5 Å². The largest absolute Gasteiger partial charge is 0.380 e. The SMILES string of the molecule is C[C@@H]1CN(C(=O)C2(O)CC2)CCN1C(=O)c1ccc(-c2ccc3c(c2)NCN3C)cc1. The normalized spacial score (nSPS) is 21.5. The zero-order valence-corrected chi connectivity index (χ0v) is 18.0. The molecule has 1 aliphatic carbocycles. The van der Waals surface area contributed by atoms with E-state index >= 15 is 0 Å². The van der Waals surface area contributed by atoms with Crippen molar-refractivity contribution in [1.82, 2.24) is 9.80 Å². The van der Waals surface area contributed by atoms with E-state index in [9.17, 15) is 14.7 Å². The smallest absolute Gasteiger partial charge is 0.254 e. The van der Waals surface area contributed by atoms with Gasteiger partial charge in [-0.05, 0) is 55.2 Å². The van der Waals surface area contributed by atoms with Crippen molar-refractivity contribution in [3.63, 3.8) is 0 Å². The summed E-state index contributed by atoms with van der Waals surface area (Å²) in [5, 5.41) is 13.5. The summed E-state index contributed by atoms with van der Waals surface area (Å²) in [6.45, 7) is 4.17. The number of nitrogens with one attached hydrogen (secondary N) is 1. The van der Waals surface area contributed by atoms with E-state index in [1.54, 1.807) is 4.90 Å². The molecule has 1 atom stereocenters. The summed E-state index contributed by atoms with van der Waals surface area (Å²) in [7, 11) is 2.06. The van der Waals surface area contributed by atoms with Gasteiger partial charge in [0.2, 0.25) is 0 Å². The lowest BCUT2D eigenvalue weighted by Gasteiger charge is -2.40. The van der Waals surface area contributed by atoms with Crippen molar-refractivity contribution in [2.24, 2.45) is 0 Å². The maximum absolute atomic E-state index is 13.1. The number of aliphatic hydroxyl groups is 1. The first-order chi connectivity index (χ1) is 14.9. The van der Waals surface area contributed by atoms with E-state index in [2.05, 4.69) is 35.5 Å². The van der Waals surface area contributed by atoms with Gasteiger partial charge in [-0.1, -0.05) is 18.2 Å². The van der Waals surface area contributed by atoms with E-state index in [0.29, 0.717) is 38.0 Å². The molecule has 162 valence electrons. The number of anilines is 2. The maximum Gasteiger partial charge on any atom is 0.254 e. The molecule has 0 unspecified atom stereocenters. The number of fused-ring (bicyclic) bond motifs is 1. The fraction of sp³-hybridized carbons (Fsp3) is 0.417. The van der Waals surface area contributed by atoms with Crippen molar-refractivity contribution in [3.8, 4) is 11.1 Å². The predicted octanol–water partition coefficient (Wildman–Crippen LogP) is 2.37. The number of carbonyl (C=O) groups excluding carboxylic acids is 2. The van der Waals surface area contributed by atoms with Crippen LogP contribution in [0.2, 0.25) is 0 Å². The maximum atomic E-state index is 13.1. The number of amides is 2. The second-order valence-electron chi connectivity index (χ2n) is 8.97. The Bertz CT molecular complexity index is 1030. The molecule has 0 aromatic heterocycles. The average molecular weight is 421 g/mol. The molecule has 2 heterocycles. The molecule has 7 nitrogen and oxygen atoms in total. The number of carbonyl (C=O) groups is 2. The Balaban J connectivity index is 1.27. The summed E-state index contributed by atoms with van der Waals surface area (Å²) in [6.07, 6.45) is 1.09. The number of piperazine rings is 1. The van der Waals surface area contributed by atoms with Gasteiger partial charge in [0.05, 0.1) is 18.0 Å². The van der Waals surface area contributed by atoms with Gasteiger partial charge in [0, 0.05) is 38.3 Å². The summed E-state index contributed by atoms with van der Waals surface area (Å²) in [5.74, 6) is -0.209. The average Bonchev–Trinajstić information content (AvgIpc) is 3.44. The van der Waals surface area contributed by atoms with Gasteiger partial charge in [-0.25, -0.2) is 0 Å².